The Hall–Kier alpha value is -4.23. The van der Waals surface area contributed by atoms with Crippen LogP contribution >= 0.6 is 11.8 Å². The second-order valence-corrected chi connectivity index (χ2v) is 15.3. The number of nitriles is 1. The number of benzene rings is 2. The first-order valence-corrected chi connectivity index (χ1v) is 18.3. The molecule has 7 aliphatic heterocycles. The van der Waals surface area contributed by atoms with Crippen molar-refractivity contribution in [2.24, 2.45) is 0 Å². The Kier molecular flexibility index (Phi) is 8.48. The zero-order chi connectivity index (χ0) is 35.9. The van der Waals surface area contributed by atoms with Gasteiger partial charge in [0.15, 0.2) is 23.0 Å². The number of carbonyl (C=O) groups excluding carboxylic acids is 3. The Balaban J connectivity index is 1.36. The Bertz CT molecular complexity index is 1880. The Morgan fingerprint density at radius 1 is 1.16 bits per heavy atom. The van der Waals surface area contributed by atoms with Gasteiger partial charge in [-0.3, -0.25) is 19.4 Å². The third kappa shape index (κ3) is 5.13. The van der Waals surface area contributed by atoms with E-state index in [1.807, 2.05) is 27.0 Å². The van der Waals surface area contributed by atoms with Crippen LogP contribution in [0.1, 0.15) is 70.5 Å². The number of hydrogen-bond donors (Lipinski definition) is 3. The van der Waals surface area contributed by atoms with Crippen LogP contribution in [0, 0.1) is 25.2 Å². The maximum Gasteiger partial charge on any atom is 0.329 e. The van der Waals surface area contributed by atoms with Gasteiger partial charge in [0, 0.05) is 47.0 Å². The number of methoxy groups -OCH3 is 1. The van der Waals surface area contributed by atoms with Crippen LogP contribution in [-0.2, 0) is 25.5 Å². The molecule has 0 spiro atoms. The van der Waals surface area contributed by atoms with E-state index < -0.39 is 53.4 Å². The van der Waals surface area contributed by atoms with Gasteiger partial charge >= 0.3 is 11.9 Å². The van der Waals surface area contributed by atoms with Crippen molar-refractivity contribution in [3.8, 4) is 34.8 Å². The van der Waals surface area contributed by atoms with Crippen molar-refractivity contribution in [2.75, 3.05) is 39.9 Å². The minimum absolute atomic E-state index is 0.0408. The molecular formula is C36H41N5O9S. The van der Waals surface area contributed by atoms with Gasteiger partial charge in [-0.2, -0.15) is 5.26 Å². The number of ether oxygens (including phenoxy) is 5. The van der Waals surface area contributed by atoms with E-state index in [1.165, 1.54) is 25.8 Å². The minimum atomic E-state index is -0.968. The zero-order valence-electron chi connectivity index (χ0n) is 29.1. The van der Waals surface area contributed by atoms with Gasteiger partial charge in [-0.15, -0.1) is 11.8 Å². The van der Waals surface area contributed by atoms with E-state index in [0.29, 0.717) is 58.1 Å². The highest BCUT2D eigenvalue weighted by atomic mass is 32.2. The fourth-order valence-electron chi connectivity index (χ4n) is 9.25. The number of thioether (sulfide) groups is 1. The second kappa shape index (κ2) is 12.8. The number of fused-ring (bicyclic) bond motifs is 10. The van der Waals surface area contributed by atoms with Gasteiger partial charge in [0.25, 0.3) is 0 Å². The minimum Gasteiger partial charge on any atom is -0.504 e. The number of nitrogens with one attached hydrogen (secondary N) is 2. The van der Waals surface area contributed by atoms with Crippen LogP contribution in [0.15, 0.2) is 6.07 Å². The summed E-state index contributed by atoms with van der Waals surface area (Å²) in [5, 5.41) is 28.5. The number of rotatable bonds is 4. The Morgan fingerprint density at radius 3 is 2.65 bits per heavy atom. The third-order valence-corrected chi connectivity index (χ3v) is 12.8. The molecule has 7 heterocycles. The van der Waals surface area contributed by atoms with E-state index in [-0.39, 0.29) is 36.9 Å². The first-order valence-electron chi connectivity index (χ1n) is 17.3. The van der Waals surface area contributed by atoms with E-state index >= 15 is 0 Å². The Morgan fingerprint density at radius 2 is 1.94 bits per heavy atom. The van der Waals surface area contributed by atoms with Crippen molar-refractivity contribution in [3.63, 3.8) is 0 Å². The van der Waals surface area contributed by atoms with Crippen molar-refractivity contribution >= 4 is 29.6 Å². The van der Waals surface area contributed by atoms with Crippen molar-refractivity contribution in [3.05, 3.63) is 39.4 Å². The molecular weight excluding hydrogens is 678 g/mol. The molecule has 14 nitrogen and oxygen atoms in total. The molecule has 15 heteroatoms. The number of nitrogens with zero attached hydrogens (tertiary/aromatic N) is 3. The van der Waals surface area contributed by atoms with Gasteiger partial charge in [0.1, 0.15) is 24.4 Å². The summed E-state index contributed by atoms with van der Waals surface area (Å²) in [5.41, 5.74) is 4.32. The topological polar surface area (TPSA) is 172 Å². The number of phenols is 1. The highest BCUT2D eigenvalue weighted by Gasteiger charge is 2.60. The van der Waals surface area contributed by atoms with Gasteiger partial charge < -0.3 is 39.4 Å². The average molecular weight is 720 g/mol. The van der Waals surface area contributed by atoms with E-state index in [9.17, 15) is 24.8 Å². The Labute approximate surface area is 299 Å². The molecule has 3 N–H and O–H groups in total. The monoisotopic (exact) mass is 719 g/mol. The first kappa shape index (κ1) is 33.9. The molecule has 7 aliphatic rings. The molecule has 8 atom stereocenters. The number of carbonyl (C=O) groups is 3. The normalized spacial score (nSPS) is 30.7. The summed E-state index contributed by atoms with van der Waals surface area (Å²) in [7, 11) is 3.50. The summed E-state index contributed by atoms with van der Waals surface area (Å²) in [5.74, 6) is 0.394. The number of piperazine rings is 1. The molecule has 0 aromatic heterocycles. The summed E-state index contributed by atoms with van der Waals surface area (Å²) in [6.45, 7) is 5.54. The first-order chi connectivity index (χ1) is 24.5. The van der Waals surface area contributed by atoms with Gasteiger partial charge in [0.2, 0.25) is 12.7 Å². The molecule has 4 bridgehead atoms. The molecule has 2 aromatic carbocycles. The van der Waals surface area contributed by atoms with Crippen LogP contribution in [0.3, 0.4) is 0 Å². The standard InChI is InChI=1S/C36H41N5O9S/c1-15-9-18-10-21-22(11-37)41-23-12-47-36(45)20(39-35(44)19-7-6-8-38-19)13-51-34(28(41)27(40(21)4)24(18)29(43)30(15)46-5)26-25(23)33-32(48-14-49-33)16(2)31(26)50-17(3)42/h9,19-23,27-28,34,38,43H,6-8,10,12-14H2,1-5H3,(H,39,44)/t19-,20?,21+,22-,23+,27+,28?,34+/m0/s1. The smallest absolute Gasteiger partial charge is 0.329 e. The van der Waals surface area contributed by atoms with Crippen LogP contribution in [0.4, 0.5) is 0 Å². The third-order valence-electron chi connectivity index (χ3n) is 11.4. The van der Waals surface area contributed by atoms with Crippen LogP contribution in [-0.4, -0.2) is 103 Å². The van der Waals surface area contributed by atoms with E-state index in [0.717, 1.165) is 24.1 Å². The fraction of sp³-hybridized carbons (Fsp3) is 0.556. The SMILES string of the molecule is COc1c(C)cc2c(c1O)[C@@H]1C3[C@@H]4SCC(NC(=O)[C@@H]5CCCN5)C(=O)OC[C@H](c5c6c(c(C)c(OC(C)=O)c54)OCO6)N3[C@@H](C#N)[C@@H](C2)N1C. The molecule has 0 radical (unpaired) electrons. The molecule has 51 heavy (non-hydrogen) atoms. The van der Waals surface area contributed by atoms with Crippen molar-refractivity contribution in [1.29, 1.82) is 5.26 Å². The zero-order valence-corrected chi connectivity index (χ0v) is 29.9. The quantitative estimate of drug-likeness (QED) is 0.311. The summed E-state index contributed by atoms with van der Waals surface area (Å²) < 4.78 is 29.9. The molecule has 2 aromatic rings. The van der Waals surface area contributed by atoms with Crippen molar-refractivity contribution < 1.29 is 43.2 Å². The van der Waals surface area contributed by atoms with E-state index in [2.05, 4.69) is 26.5 Å². The predicted octanol–water partition coefficient (Wildman–Crippen LogP) is 2.47. The van der Waals surface area contributed by atoms with Crippen LogP contribution in [0.2, 0.25) is 0 Å². The number of likely N-dealkylation sites (N-methyl/N-ethyl adjacent to an activating group) is 1. The van der Waals surface area contributed by atoms with Gasteiger partial charge in [0.05, 0.1) is 36.6 Å². The average Bonchev–Trinajstić information content (AvgIpc) is 3.81. The molecule has 0 saturated carbocycles. The van der Waals surface area contributed by atoms with Crippen molar-refractivity contribution in [1.82, 2.24) is 20.4 Å². The summed E-state index contributed by atoms with van der Waals surface area (Å²) in [4.78, 5) is 44.2. The highest BCUT2D eigenvalue weighted by molar-refractivity contribution is 7.99. The molecule has 3 saturated heterocycles. The lowest BCUT2D eigenvalue weighted by atomic mass is 9.71. The number of hydrogen-bond acceptors (Lipinski definition) is 14. The number of amides is 1. The number of esters is 2. The molecule has 9 rings (SSSR count). The van der Waals surface area contributed by atoms with E-state index in [4.69, 9.17) is 23.7 Å². The van der Waals surface area contributed by atoms with Gasteiger partial charge in [-0.05, 0) is 57.8 Å². The van der Waals surface area contributed by atoms with E-state index in [1.54, 1.807) is 0 Å². The summed E-state index contributed by atoms with van der Waals surface area (Å²) >= 11 is 1.42. The van der Waals surface area contributed by atoms with Crippen molar-refractivity contribution in [2.45, 2.75) is 87.6 Å². The maximum absolute atomic E-state index is 13.8. The number of aryl methyl sites for hydroxylation is 1. The molecule has 2 unspecified atom stereocenters. The summed E-state index contributed by atoms with van der Waals surface area (Å²) in [6, 6.07) is 0.593. The molecule has 3 fully saturated rings. The summed E-state index contributed by atoms with van der Waals surface area (Å²) in [6.07, 6.45) is 2.03. The largest absolute Gasteiger partial charge is 0.504 e. The van der Waals surface area contributed by atoms with Crippen LogP contribution < -0.4 is 29.6 Å². The lowest BCUT2D eigenvalue weighted by Crippen LogP contribution is -2.69. The maximum atomic E-state index is 13.8. The van der Waals surface area contributed by atoms with Crippen LogP contribution in [0.5, 0.6) is 28.7 Å². The fourth-order valence-corrected chi connectivity index (χ4v) is 10.8. The molecule has 0 aliphatic carbocycles. The van der Waals surface area contributed by atoms with Gasteiger partial charge in [-0.1, -0.05) is 6.07 Å². The second-order valence-electron chi connectivity index (χ2n) is 14.1. The number of aromatic hydroxyl groups is 1. The number of phenolic OH excluding ortho intramolecular Hbond substituents is 1. The van der Waals surface area contributed by atoms with Crippen LogP contribution in [0.25, 0.3) is 0 Å². The highest BCUT2D eigenvalue weighted by Crippen LogP contribution is 2.64. The predicted molar refractivity (Wildman–Crippen MR) is 183 cm³/mol. The van der Waals surface area contributed by atoms with Gasteiger partial charge in [-0.25, -0.2) is 4.79 Å². The lowest BCUT2D eigenvalue weighted by molar-refractivity contribution is -0.152. The molecule has 1 amide bonds. The lowest BCUT2D eigenvalue weighted by Gasteiger charge is -2.61. The molecule has 270 valence electrons.